The molecule has 0 spiro atoms. The molecule has 1 aromatic rings. The number of allylic oxidation sites excluding steroid dienone is 1. The number of carbonyl (C=O) groups is 1. The summed E-state index contributed by atoms with van der Waals surface area (Å²) in [6, 6.07) is 6.28. The van der Waals surface area contributed by atoms with Crippen LogP contribution in [0, 0.1) is 5.92 Å². The van der Waals surface area contributed by atoms with E-state index in [1.165, 1.54) is 0 Å². The Balaban J connectivity index is 2.43. The van der Waals surface area contributed by atoms with Crippen LogP contribution in [-0.4, -0.2) is 24.7 Å². The number of hydrogen-bond acceptors (Lipinski definition) is 4. The van der Waals surface area contributed by atoms with Crippen LogP contribution in [-0.2, 0) is 4.79 Å². The van der Waals surface area contributed by atoms with Crippen LogP contribution in [0.25, 0.3) is 0 Å². The van der Waals surface area contributed by atoms with Gasteiger partial charge in [0, 0.05) is 36.7 Å². The lowest BCUT2D eigenvalue weighted by Gasteiger charge is -2.26. The van der Waals surface area contributed by atoms with Crippen LogP contribution in [0.2, 0.25) is 0 Å². The number of nitrogens with zero attached hydrogens (tertiary/aromatic N) is 2. The lowest BCUT2D eigenvalue weighted by Crippen LogP contribution is -2.32. The third-order valence-corrected chi connectivity index (χ3v) is 4.00. The SMILES string of the molecule is C=C(C)Nc1cc(C2=NNC(=O)CC2C)ccc1N(CC)CC. The third kappa shape index (κ3) is 3.92. The van der Waals surface area contributed by atoms with Crippen molar-refractivity contribution in [1.82, 2.24) is 5.43 Å². The van der Waals surface area contributed by atoms with Gasteiger partial charge in [0.25, 0.3) is 0 Å². The van der Waals surface area contributed by atoms with E-state index >= 15 is 0 Å². The highest BCUT2D eigenvalue weighted by Gasteiger charge is 2.22. The molecule has 1 amide bonds. The van der Waals surface area contributed by atoms with Crippen LogP contribution in [0.4, 0.5) is 11.4 Å². The molecule has 2 rings (SSSR count). The third-order valence-electron chi connectivity index (χ3n) is 4.00. The summed E-state index contributed by atoms with van der Waals surface area (Å²) < 4.78 is 0. The summed E-state index contributed by atoms with van der Waals surface area (Å²) in [6.45, 7) is 14.1. The summed E-state index contributed by atoms with van der Waals surface area (Å²) >= 11 is 0. The number of benzene rings is 1. The van der Waals surface area contributed by atoms with Gasteiger partial charge in [-0.05, 0) is 32.9 Å². The van der Waals surface area contributed by atoms with E-state index in [1.807, 2.05) is 13.8 Å². The summed E-state index contributed by atoms with van der Waals surface area (Å²) in [4.78, 5) is 13.7. The molecule has 0 fully saturated rings. The van der Waals surface area contributed by atoms with Crippen LogP contribution >= 0.6 is 0 Å². The van der Waals surface area contributed by atoms with Gasteiger partial charge in [-0.1, -0.05) is 19.6 Å². The van der Waals surface area contributed by atoms with Gasteiger partial charge in [-0.25, -0.2) is 5.43 Å². The number of anilines is 2. The molecule has 5 heteroatoms. The number of hydrazone groups is 1. The highest BCUT2D eigenvalue weighted by atomic mass is 16.2. The predicted molar refractivity (Wildman–Crippen MR) is 96.9 cm³/mol. The molecule has 0 bridgehead atoms. The fourth-order valence-corrected chi connectivity index (χ4v) is 2.87. The van der Waals surface area contributed by atoms with Crippen LogP contribution in [0.15, 0.2) is 35.6 Å². The number of hydrogen-bond donors (Lipinski definition) is 2. The summed E-state index contributed by atoms with van der Waals surface area (Å²) in [5.74, 6) is 0.0852. The van der Waals surface area contributed by atoms with Crippen molar-refractivity contribution >= 4 is 23.0 Å². The zero-order valence-corrected chi connectivity index (χ0v) is 14.4. The first-order valence-corrected chi connectivity index (χ1v) is 8.14. The first-order chi connectivity index (χ1) is 11.0. The molecule has 5 nitrogen and oxygen atoms in total. The van der Waals surface area contributed by atoms with Crippen molar-refractivity contribution in [3.8, 4) is 0 Å². The van der Waals surface area contributed by atoms with Gasteiger partial charge < -0.3 is 10.2 Å². The largest absolute Gasteiger partial charge is 0.370 e. The van der Waals surface area contributed by atoms with Gasteiger partial charge in [0.15, 0.2) is 0 Å². The Morgan fingerprint density at radius 3 is 2.70 bits per heavy atom. The standard InChI is InChI=1S/C18H26N4O/c1-6-22(7-2)16-9-8-14(11-15(16)19-12(3)4)18-13(5)10-17(23)20-21-18/h8-9,11,13,19H,3,6-7,10H2,1-2,4-5H3,(H,20,23). The molecule has 0 aromatic heterocycles. The quantitative estimate of drug-likeness (QED) is 0.846. The second-order valence-corrected chi connectivity index (χ2v) is 5.95. The molecule has 0 saturated carbocycles. The first-order valence-electron chi connectivity index (χ1n) is 8.14. The maximum atomic E-state index is 11.4. The van der Waals surface area contributed by atoms with Gasteiger partial charge in [0.05, 0.1) is 17.1 Å². The molecule has 2 N–H and O–H groups in total. The van der Waals surface area contributed by atoms with Gasteiger partial charge in [-0.15, -0.1) is 0 Å². The maximum absolute atomic E-state index is 11.4. The maximum Gasteiger partial charge on any atom is 0.240 e. The van der Waals surface area contributed by atoms with Crippen LogP contribution < -0.4 is 15.6 Å². The Labute approximate surface area is 138 Å². The zero-order valence-electron chi connectivity index (χ0n) is 14.4. The number of amides is 1. The van der Waals surface area contributed by atoms with E-state index < -0.39 is 0 Å². The summed E-state index contributed by atoms with van der Waals surface area (Å²) in [6.07, 6.45) is 0.472. The van der Waals surface area contributed by atoms with Gasteiger partial charge in [0.1, 0.15) is 0 Å². The average Bonchev–Trinajstić information content (AvgIpc) is 2.49. The van der Waals surface area contributed by atoms with E-state index in [0.29, 0.717) is 6.42 Å². The average molecular weight is 314 g/mol. The van der Waals surface area contributed by atoms with Crippen molar-refractivity contribution in [2.24, 2.45) is 11.0 Å². The number of carbonyl (C=O) groups excluding carboxylic acids is 1. The molecule has 124 valence electrons. The summed E-state index contributed by atoms with van der Waals surface area (Å²) in [7, 11) is 0. The first kappa shape index (κ1) is 17.1. The fraction of sp³-hybridized carbons (Fsp3) is 0.444. The lowest BCUT2D eigenvalue weighted by atomic mass is 9.93. The van der Waals surface area contributed by atoms with E-state index in [0.717, 1.165) is 41.4 Å². The molecule has 1 aliphatic rings. The van der Waals surface area contributed by atoms with Crippen molar-refractivity contribution in [3.05, 3.63) is 36.0 Å². The second-order valence-electron chi connectivity index (χ2n) is 5.95. The molecule has 1 aliphatic heterocycles. The van der Waals surface area contributed by atoms with Crippen molar-refractivity contribution in [3.63, 3.8) is 0 Å². The van der Waals surface area contributed by atoms with Gasteiger partial charge >= 0.3 is 0 Å². The van der Waals surface area contributed by atoms with E-state index in [1.54, 1.807) is 0 Å². The highest BCUT2D eigenvalue weighted by Crippen LogP contribution is 2.30. The molecular formula is C18H26N4O. The minimum atomic E-state index is -0.0266. The van der Waals surface area contributed by atoms with Crippen molar-refractivity contribution in [1.29, 1.82) is 0 Å². The molecule has 1 unspecified atom stereocenters. The number of rotatable bonds is 6. The second kappa shape index (κ2) is 7.31. The summed E-state index contributed by atoms with van der Waals surface area (Å²) in [5, 5.41) is 7.60. The highest BCUT2D eigenvalue weighted by molar-refractivity contribution is 6.06. The number of nitrogens with one attached hydrogen (secondary N) is 2. The molecule has 0 radical (unpaired) electrons. The topological polar surface area (TPSA) is 56.7 Å². The zero-order chi connectivity index (χ0) is 17.0. The van der Waals surface area contributed by atoms with Gasteiger partial charge in [-0.2, -0.15) is 5.10 Å². The molecular weight excluding hydrogens is 288 g/mol. The molecule has 1 heterocycles. The molecule has 1 atom stereocenters. The minimum absolute atomic E-state index is 0.0266. The molecule has 1 aromatic carbocycles. The van der Waals surface area contributed by atoms with E-state index in [-0.39, 0.29) is 11.8 Å². The van der Waals surface area contributed by atoms with Crippen LogP contribution in [0.5, 0.6) is 0 Å². The van der Waals surface area contributed by atoms with Crippen molar-refractivity contribution in [2.45, 2.75) is 34.1 Å². The summed E-state index contributed by atoms with van der Waals surface area (Å²) in [5.41, 5.74) is 7.58. The van der Waals surface area contributed by atoms with E-state index in [9.17, 15) is 4.79 Å². The van der Waals surface area contributed by atoms with E-state index in [2.05, 4.69) is 59.4 Å². The van der Waals surface area contributed by atoms with Gasteiger partial charge in [0.2, 0.25) is 5.91 Å². The Morgan fingerprint density at radius 1 is 1.43 bits per heavy atom. The predicted octanol–water partition coefficient (Wildman–Crippen LogP) is 3.34. The Bertz CT molecular complexity index is 632. The minimum Gasteiger partial charge on any atom is -0.370 e. The Kier molecular flexibility index (Phi) is 5.42. The molecule has 23 heavy (non-hydrogen) atoms. The molecule has 0 saturated heterocycles. The normalized spacial score (nSPS) is 17.3. The fourth-order valence-electron chi connectivity index (χ4n) is 2.87. The Hall–Kier alpha value is -2.30. The van der Waals surface area contributed by atoms with E-state index in [4.69, 9.17) is 0 Å². The lowest BCUT2D eigenvalue weighted by molar-refractivity contribution is -0.121. The Morgan fingerprint density at radius 2 is 2.13 bits per heavy atom. The van der Waals surface area contributed by atoms with Crippen molar-refractivity contribution in [2.75, 3.05) is 23.3 Å². The molecule has 0 aliphatic carbocycles. The smallest absolute Gasteiger partial charge is 0.240 e. The monoisotopic (exact) mass is 314 g/mol. The van der Waals surface area contributed by atoms with Crippen molar-refractivity contribution < 1.29 is 4.79 Å². The van der Waals surface area contributed by atoms with Gasteiger partial charge in [-0.3, -0.25) is 4.79 Å². The van der Waals surface area contributed by atoms with Crippen LogP contribution in [0.1, 0.15) is 39.7 Å². The van der Waals surface area contributed by atoms with Crippen LogP contribution in [0.3, 0.4) is 0 Å².